The maximum atomic E-state index is 13.8. The summed E-state index contributed by atoms with van der Waals surface area (Å²) < 4.78 is 51.8. The molecule has 0 radical (unpaired) electrons. The number of aryl methyl sites for hydroxylation is 1. The highest BCUT2D eigenvalue weighted by Crippen LogP contribution is 2.40. The highest BCUT2D eigenvalue weighted by atomic mass is 35.5. The maximum Gasteiger partial charge on any atom is 0.420 e. The Hall–Kier alpha value is -3.47. The molecule has 8 nitrogen and oxygen atoms in total. The van der Waals surface area contributed by atoms with Crippen molar-refractivity contribution in [2.24, 2.45) is 0 Å². The third-order valence-corrected chi connectivity index (χ3v) is 4.02. The van der Waals surface area contributed by atoms with Crippen molar-refractivity contribution < 1.29 is 27.2 Å². The Bertz CT molecular complexity index is 1150. The molecule has 0 aliphatic rings. The van der Waals surface area contributed by atoms with E-state index >= 15 is 0 Å². The van der Waals surface area contributed by atoms with Crippen LogP contribution < -0.4 is 4.74 Å². The predicted molar refractivity (Wildman–Crippen MR) is 104 cm³/mol. The zero-order valence-corrected chi connectivity index (χ0v) is 17.2. The summed E-state index contributed by atoms with van der Waals surface area (Å²) in [7, 11) is 2.95. The maximum absolute atomic E-state index is 13.8. The second-order valence-corrected chi connectivity index (χ2v) is 6.82. The van der Waals surface area contributed by atoms with Crippen LogP contribution in [0.15, 0.2) is 35.1 Å². The summed E-state index contributed by atoms with van der Waals surface area (Å²) in [5, 5.41) is 3.60. The predicted octanol–water partition coefficient (Wildman–Crippen LogP) is 4.40. The van der Waals surface area contributed by atoms with Gasteiger partial charge in [-0.25, -0.2) is 4.98 Å². The van der Waals surface area contributed by atoms with Crippen LogP contribution in [0.3, 0.4) is 0 Å². The van der Waals surface area contributed by atoms with Crippen molar-refractivity contribution in [1.82, 2.24) is 25.0 Å². The number of carbonyl (C=O) groups excluding carboxylic acids is 1. The normalized spacial score (nSPS) is 11.7. The first-order valence-electron chi connectivity index (χ1n) is 8.65. The quantitative estimate of drug-likeness (QED) is 0.417. The molecule has 31 heavy (non-hydrogen) atoms. The molecule has 0 aliphatic heterocycles. The van der Waals surface area contributed by atoms with Gasteiger partial charge in [-0.1, -0.05) is 16.8 Å². The van der Waals surface area contributed by atoms with Crippen LogP contribution in [0.2, 0.25) is 5.15 Å². The van der Waals surface area contributed by atoms with Crippen molar-refractivity contribution in [3.05, 3.63) is 52.7 Å². The first-order chi connectivity index (χ1) is 14.5. The Morgan fingerprint density at radius 3 is 2.58 bits per heavy atom. The van der Waals surface area contributed by atoms with Gasteiger partial charge in [-0.15, -0.1) is 0 Å². The first-order valence-corrected chi connectivity index (χ1v) is 9.03. The second kappa shape index (κ2) is 8.72. The number of halogens is 4. The second-order valence-electron chi connectivity index (χ2n) is 6.43. The Morgan fingerprint density at radius 1 is 1.23 bits per heavy atom. The molecule has 0 spiro atoms. The molecule has 0 aromatic carbocycles. The van der Waals surface area contributed by atoms with Gasteiger partial charge in [0.1, 0.15) is 10.7 Å². The lowest BCUT2D eigenvalue weighted by molar-refractivity contribution is -0.138. The van der Waals surface area contributed by atoms with Gasteiger partial charge in [0.2, 0.25) is 11.8 Å². The molecule has 3 aromatic rings. The molecule has 0 atom stereocenters. The Labute approximate surface area is 179 Å². The monoisotopic (exact) mass is 453 g/mol. The molecule has 3 rings (SSSR count). The van der Waals surface area contributed by atoms with Crippen molar-refractivity contribution >= 4 is 23.6 Å². The van der Waals surface area contributed by atoms with Crippen LogP contribution in [0.5, 0.6) is 11.6 Å². The fourth-order valence-electron chi connectivity index (χ4n) is 2.45. The van der Waals surface area contributed by atoms with Gasteiger partial charge in [-0.2, -0.15) is 18.2 Å². The van der Waals surface area contributed by atoms with Gasteiger partial charge >= 0.3 is 6.18 Å². The van der Waals surface area contributed by atoms with Gasteiger partial charge in [0.15, 0.2) is 11.6 Å². The average Bonchev–Trinajstić information content (AvgIpc) is 3.11. The van der Waals surface area contributed by atoms with Crippen molar-refractivity contribution in [2.75, 3.05) is 14.1 Å². The van der Waals surface area contributed by atoms with Gasteiger partial charge in [0.25, 0.3) is 5.89 Å². The third-order valence-electron chi connectivity index (χ3n) is 3.83. The zero-order chi connectivity index (χ0) is 22.8. The van der Waals surface area contributed by atoms with Crippen molar-refractivity contribution in [3.8, 4) is 23.1 Å². The Balaban J connectivity index is 2.03. The standard InChI is InChI=1S/C19H15ClF3N5O3/c1-10-25-18(31-27-10)12-6-14(20)26-15(7-12)30-13-9-24-8-11(17(13)19(21,22)23)4-5-16(29)28(2)3/h4-9H,1-3H3/b5-4+. The zero-order valence-electron chi connectivity index (χ0n) is 16.4. The molecule has 0 saturated carbocycles. The largest absolute Gasteiger partial charge is 0.437 e. The van der Waals surface area contributed by atoms with Gasteiger partial charge in [-0.05, 0) is 19.1 Å². The lowest BCUT2D eigenvalue weighted by Gasteiger charge is -2.15. The molecule has 3 heterocycles. The van der Waals surface area contributed by atoms with Crippen molar-refractivity contribution in [2.45, 2.75) is 13.1 Å². The van der Waals surface area contributed by atoms with E-state index in [2.05, 4.69) is 20.1 Å². The van der Waals surface area contributed by atoms with E-state index in [9.17, 15) is 18.0 Å². The number of carbonyl (C=O) groups is 1. The van der Waals surface area contributed by atoms with E-state index in [0.717, 1.165) is 24.5 Å². The summed E-state index contributed by atoms with van der Waals surface area (Å²) in [5.74, 6) is -0.888. The summed E-state index contributed by atoms with van der Waals surface area (Å²) in [5.41, 5.74) is -1.16. The van der Waals surface area contributed by atoms with Crippen LogP contribution in [-0.4, -0.2) is 45.0 Å². The summed E-state index contributed by atoms with van der Waals surface area (Å²) in [6.07, 6.45) is -0.906. The number of nitrogens with zero attached hydrogens (tertiary/aromatic N) is 5. The molecule has 0 unspecified atom stereocenters. The summed E-state index contributed by atoms with van der Waals surface area (Å²) in [6.45, 7) is 1.61. The lowest BCUT2D eigenvalue weighted by Crippen LogP contribution is -2.18. The Kier molecular flexibility index (Phi) is 6.25. The van der Waals surface area contributed by atoms with Crippen LogP contribution in [-0.2, 0) is 11.0 Å². The van der Waals surface area contributed by atoms with Crippen LogP contribution in [0.4, 0.5) is 13.2 Å². The van der Waals surface area contributed by atoms with Crippen LogP contribution in [0.1, 0.15) is 17.0 Å². The minimum absolute atomic E-state index is 0.0579. The van der Waals surface area contributed by atoms with E-state index in [4.69, 9.17) is 20.9 Å². The van der Waals surface area contributed by atoms with Crippen LogP contribution in [0, 0.1) is 6.92 Å². The topological polar surface area (TPSA) is 94.2 Å². The molecular weight excluding hydrogens is 439 g/mol. The highest BCUT2D eigenvalue weighted by Gasteiger charge is 2.37. The highest BCUT2D eigenvalue weighted by molar-refractivity contribution is 6.29. The molecular formula is C19H15ClF3N5O3. The molecule has 0 fully saturated rings. The van der Waals surface area contributed by atoms with Crippen LogP contribution in [0.25, 0.3) is 17.5 Å². The number of alkyl halides is 3. The van der Waals surface area contributed by atoms with E-state index in [1.807, 2.05) is 0 Å². The minimum atomic E-state index is -4.80. The van der Waals surface area contributed by atoms with Crippen LogP contribution >= 0.6 is 11.6 Å². The number of aromatic nitrogens is 4. The smallest absolute Gasteiger partial charge is 0.420 e. The molecule has 0 bridgehead atoms. The van der Waals surface area contributed by atoms with E-state index in [1.54, 1.807) is 6.92 Å². The fraction of sp³-hybridized carbons (Fsp3) is 0.211. The molecule has 162 valence electrons. The molecule has 0 saturated heterocycles. The van der Waals surface area contributed by atoms with Gasteiger partial charge in [0.05, 0.1) is 6.20 Å². The Morgan fingerprint density at radius 2 is 1.97 bits per heavy atom. The first kappa shape index (κ1) is 22.2. The minimum Gasteiger partial charge on any atom is -0.437 e. The SMILES string of the molecule is Cc1noc(-c2cc(Cl)nc(Oc3cncc(/C=C/C(=O)N(C)C)c3C(F)(F)F)c2)n1. The molecule has 3 aromatic heterocycles. The van der Waals surface area contributed by atoms with E-state index in [1.165, 1.54) is 31.1 Å². The number of ether oxygens (including phenoxy) is 1. The summed E-state index contributed by atoms with van der Waals surface area (Å²) in [6, 6.07) is 2.70. The third kappa shape index (κ3) is 5.37. The molecule has 0 N–H and O–H groups in total. The summed E-state index contributed by atoms with van der Waals surface area (Å²) in [4.78, 5) is 24.7. The average molecular weight is 454 g/mol. The number of rotatable bonds is 5. The molecule has 1 amide bonds. The van der Waals surface area contributed by atoms with E-state index in [0.29, 0.717) is 11.4 Å². The molecule has 12 heteroatoms. The molecule has 0 aliphatic carbocycles. The number of amides is 1. The number of likely N-dealkylation sites (N-methyl/N-ethyl adjacent to an activating group) is 1. The van der Waals surface area contributed by atoms with E-state index < -0.39 is 23.4 Å². The van der Waals surface area contributed by atoms with Crippen molar-refractivity contribution in [3.63, 3.8) is 0 Å². The van der Waals surface area contributed by atoms with Gasteiger partial charge in [0, 0.05) is 43.6 Å². The van der Waals surface area contributed by atoms with Crippen molar-refractivity contribution in [1.29, 1.82) is 0 Å². The number of pyridine rings is 2. The fourth-order valence-corrected chi connectivity index (χ4v) is 2.65. The van der Waals surface area contributed by atoms with Gasteiger partial charge in [-0.3, -0.25) is 9.78 Å². The number of hydrogen-bond acceptors (Lipinski definition) is 7. The lowest BCUT2D eigenvalue weighted by atomic mass is 10.1. The summed E-state index contributed by atoms with van der Waals surface area (Å²) >= 11 is 5.98. The number of hydrogen-bond donors (Lipinski definition) is 0. The van der Waals surface area contributed by atoms with Gasteiger partial charge < -0.3 is 14.2 Å². The van der Waals surface area contributed by atoms with E-state index in [-0.39, 0.29) is 22.5 Å².